The van der Waals surface area contributed by atoms with E-state index in [1.54, 1.807) is 17.0 Å². The predicted molar refractivity (Wildman–Crippen MR) is 145 cm³/mol. The highest BCUT2D eigenvalue weighted by Crippen LogP contribution is 2.54. The summed E-state index contributed by atoms with van der Waals surface area (Å²) in [7, 11) is -1.36. The lowest BCUT2D eigenvalue weighted by Crippen LogP contribution is -2.33. The standard InChI is InChI=1S/C28H32ClNO4S/c1-28(2,3)35(4,5)32-19-25-26(20-9-7-6-8-10-20)30(27(31)34-25)22-13-17-24(18-14-22)33-23-15-11-21(29)12-16-23/h6-18,25-26H,19H2,1-5H3/t25-,26-/m0/s1. The Morgan fingerprint density at radius 3 is 2.06 bits per heavy atom. The van der Waals surface area contributed by atoms with Crippen molar-refractivity contribution >= 4 is 33.7 Å². The lowest BCUT2D eigenvalue weighted by Gasteiger charge is -2.44. The van der Waals surface area contributed by atoms with Crippen molar-refractivity contribution < 1.29 is 18.5 Å². The molecule has 0 unspecified atom stereocenters. The number of benzene rings is 3. The molecule has 0 radical (unpaired) electrons. The molecule has 0 aliphatic carbocycles. The average molecular weight is 514 g/mol. The first-order valence-corrected chi connectivity index (χ1v) is 14.3. The monoisotopic (exact) mass is 513 g/mol. The fraction of sp³-hybridized carbons (Fsp3) is 0.321. The van der Waals surface area contributed by atoms with Crippen LogP contribution in [-0.4, -0.2) is 36.1 Å². The van der Waals surface area contributed by atoms with Gasteiger partial charge in [0.05, 0.1) is 6.61 Å². The molecule has 4 rings (SSSR count). The van der Waals surface area contributed by atoms with E-state index in [1.165, 1.54) is 0 Å². The minimum absolute atomic E-state index is 0.0114. The summed E-state index contributed by atoms with van der Waals surface area (Å²) < 4.78 is 18.2. The molecule has 2 atom stereocenters. The van der Waals surface area contributed by atoms with Gasteiger partial charge in [0.25, 0.3) is 0 Å². The average Bonchev–Trinajstić information content (AvgIpc) is 3.15. The topological polar surface area (TPSA) is 48.0 Å². The van der Waals surface area contributed by atoms with Crippen LogP contribution < -0.4 is 9.64 Å². The van der Waals surface area contributed by atoms with E-state index in [9.17, 15) is 4.79 Å². The van der Waals surface area contributed by atoms with Gasteiger partial charge in [-0.25, -0.2) is 4.79 Å². The Morgan fingerprint density at radius 2 is 1.49 bits per heavy atom. The van der Waals surface area contributed by atoms with Crippen LogP contribution >= 0.6 is 21.9 Å². The minimum Gasteiger partial charge on any atom is -0.457 e. The predicted octanol–water partition coefficient (Wildman–Crippen LogP) is 7.99. The molecular formula is C28H32ClNO4S. The molecule has 7 heteroatoms. The first kappa shape index (κ1) is 25.4. The molecule has 5 nitrogen and oxygen atoms in total. The van der Waals surface area contributed by atoms with Gasteiger partial charge in [-0.2, -0.15) is 0 Å². The zero-order valence-electron chi connectivity index (χ0n) is 20.7. The summed E-state index contributed by atoms with van der Waals surface area (Å²) in [4.78, 5) is 14.8. The summed E-state index contributed by atoms with van der Waals surface area (Å²) in [5.41, 5.74) is 1.73. The number of nitrogens with zero attached hydrogens (tertiary/aromatic N) is 1. The van der Waals surface area contributed by atoms with Gasteiger partial charge in [-0.3, -0.25) is 4.90 Å². The molecule has 1 heterocycles. The van der Waals surface area contributed by atoms with Gasteiger partial charge in [0, 0.05) is 15.5 Å². The molecule has 0 bridgehead atoms. The molecule has 1 saturated heterocycles. The van der Waals surface area contributed by atoms with Crippen molar-refractivity contribution in [1.29, 1.82) is 0 Å². The number of carbonyl (C=O) groups is 1. The number of ether oxygens (including phenoxy) is 2. The van der Waals surface area contributed by atoms with Crippen molar-refractivity contribution in [1.82, 2.24) is 0 Å². The Kier molecular flexibility index (Phi) is 7.36. The van der Waals surface area contributed by atoms with E-state index in [4.69, 9.17) is 25.3 Å². The zero-order valence-corrected chi connectivity index (χ0v) is 22.3. The van der Waals surface area contributed by atoms with Gasteiger partial charge in [-0.1, -0.05) is 62.7 Å². The van der Waals surface area contributed by atoms with Crippen molar-refractivity contribution in [2.24, 2.45) is 0 Å². The fourth-order valence-electron chi connectivity index (χ4n) is 3.66. The zero-order chi connectivity index (χ0) is 25.2. The third kappa shape index (κ3) is 5.77. The number of hydrogen-bond donors (Lipinski definition) is 0. The number of anilines is 1. The van der Waals surface area contributed by atoms with Crippen LogP contribution in [0.1, 0.15) is 32.4 Å². The van der Waals surface area contributed by atoms with Gasteiger partial charge in [0.15, 0.2) is 6.10 Å². The van der Waals surface area contributed by atoms with Gasteiger partial charge < -0.3 is 13.7 Å². The Morgan fingerprint density at radius 1 is 0.914 bits per heavy atom. The summed E-state index contributed by atoms with van der Waals surface area (Å²) in [5.74, 6) is 1.35. The molecule has 0 spiro atoms. The number of cyclic esters (lactones) is 1. The molecule has 35 heavy (non-hydrogen) atoms. The van der Waals surface area contributed by atoms with Gasteiger partial charge in [0.1, 0.15) is 17.5 Å². The maximum Gasteiger partial charge on any atom is 0.415 e. The van der Waals surface area contributed by atoms with Gasteiger partial charge in [-0.05, 0) is 66.6 Å². The molecule has 1 aliphatic heterocycles. The normalized spacial score (nSPS) is 18.9. The van der Waals surface area contributed by atoms with Crippen LogP contribution in [0.5, 0.6) is 11.5 Å². The van der Waals surface area contributed by atoms with Crippen LogP contribution in [-0.2, 0) is 8.92 Å². The Bertz CT molecular complexity index is 1140. The van der Waals surface area contributed by atoms with E-state index >= 15 is 0 Å². The third-order valence-electron chi connectivity index (χ3n) is 6.39. The molecule has 0 N–H and O–H groups in total. The third-order valence-corrected chi connectivity index (χ3v) is 10.3. The molecule has 1 aliphatic rings. The summed E-state index contributed by atoms with van der Waals surface area (Å²) in [6.07, 6.45) is 3.49. The lowest BCUT2D eigenvalue weighted by molar-refractivity contribution is 0.0967. The van der Waals surface area contributed by atoms with Gasteiger partial charge in [0.2, 0.25) is 0 Å². The highest BCUT2D eigenvalue weighted by Gasteiger charge is 2.45. The van der Waals surface area contributed by atoms with E-state index in [0.717, 1.165) is 11.3 Å². The van der Waals surface area contributed by atoms with Crippen LogP contribution in [0.4, 0.5) is 10.5 Å². The molecule has 0 aromatic heterocycles. The molecule has 1 amide bonds. The largest absolute Gasteiger partial charge is 0.457 e. The molecular weight excluding hydrogens is 482 g/mol. The molecule has 1 fully saturated rings. The first-order valence-electron chi connectivity index (χ1n) is 11.5. The second-order valence-corrected chi connectivity index (χ2v) is 14.2. The van der Waals surface area contributed by atoms with Gasteiger partial charge >= 0.3 is 6.09 Å². The van der Waals surface area contributed by atoms with E-state index in [1.807, 2.05) is 66.7 Å². The minimum atomic E-state index is -1.36. The molecule has 3 aromatic carbocycles. The van der Waals surface area contributed by atoms with E-state index in [-0.39, 0.29) is 16.9 Å². The maximum absolute atomic E-state index is 13.1. The Balaban J connectivity index is 1.58. The molecule has 186 valence electrons. The quantitative estimate of drug-likeness (QED) is 0.321. The Labute approximate surface area is 214 Å². The lowest BCUT2D eigenvalue weighted by atomic mass is 10.0. The van der Waals surface area contributed by atoms with Crippen LogP contribution in [0.25, 0.3) is 0 Å². The number of amides is 1. The maximum atomic E-state index is 13.1. The van der Waals surface area contributed by atoms with E-state index < -0.39 is 16.4 Å². The van der Waals surface area contributed by atoms with Crippen molar-refractivity contribution in [3.8, 4) is 11.5 Å². The summed E-state index contributed by atoms with van der Waals surface area (Å²) >= 11 is 5.95. The number of hydrogen-bond acceptors (Lipinski definition) is 4. The Hall–Kier alpha value is -2.67. The summed E-state index contributed by atoms with van der Waals surface area (Å²) in [6.45, 7) is 6.87. The summed E-state index contributed by atoms with van der Waals surface area (Å²) in [6, 6.07) is 24.3. The smallest absolute Gasteiger partial charge is 0.415 e. The molecule has 0 saturated carbocycles. The highest BCUT2D eigenvalue weighted by molar-refractivity contribution is 8.29. The van der Waals surface area contributed by atoms with Crippen LogP contribution in [0.2, 0.25) is 5.02 Å². The SMILES string of the molecule is CC(C)(C)S(C)(C)OC[C@@H]1OC(=O)N(c2ccc(Oc3ccc(Cl)cc3)cc2)[C@H]1c1ccccc1. The van der Waals surface area contributed by atoms with Crippen molar-refractivity contribution in [2.75, 3.05) is 24.0 Å². The molecule has 3 aromatic rings. The van der Waals surface area contributed by atoms with Gasteiger partial charge in [-0.15, -0.1) is 10.3 Å². The number of rotatable bonds is 7. The van der Waals surface area contributed by atoms with Crippen molar-refractivity contribution in [3.05, 3.63) is 89.4 Å². The second-order valence-electron chi connectivity index (χ2n) is 9.83. The van der Waals surface area contributed by atoms with E-state index in [2.05, 4.69) is 33.3 Å². The van der Waals surface area contributed by atoms with Crippen molar-refractivity contribution in [3.63, 3.8) is 0 Å². The second kappa shape index (κ2) is 10.1. The number of halogens is 1. The highest BCUT2D eigenvalue weighted by atomic mass is 35.5. The van der Waals surface area contributed by atoms with E-state index in [0.29, 0.717) is 23.1 Å². The number of carbonyl (C=O) groups excluding carboxylic acids is 1. The first-order chi connectivity index (χ1) is 16.5. The van der Waals surface area contributed by atoms with Crippen LogP contribution in [0.15, 0.2) is 78.9 Å². The van der Waals surface area contributed by atoms with Crippen molar-refractivity contribution in [2.45, 2.75) is 37.7 Å². The van der Waals surface area contributed by atoms with Crippen LogP contribution in [0.3, 0.4) is 0 Å². The van der Waals surface area contributed by atoms with Crippen LogP contribution in [0, 0.1) is 0 Å². The summed E-state index contributed by atoms with van der Waals surface area (Å²) in [5, 5.41) is 0.651. The fourth-order valence-corrected chi connectivity index (χ4v) is 4.62.